The maximum Gasteiger partial charge on any atom is 0.0897 e. The summed E-state index contributed by atoms with van der Waals surface area (Å²) < 4.78 is 5.37. The molecule has 0 rings (SSSR count). The van der Waals surface area contributed by atoms with E-state index in [-0.39, 0.29) is 5.54 Å². The Hall–Kier alpha value is -0.120. The van der Waals surface area contributed by atoms with Crippen LogP contribution in [-0.4, -0.2) is 36.5 Å². The Morgan fingerprint density at radius 3 is 2.50 bits per heavy atom. The molecular weight excluding hydrogens is 202 g/mol. The Morgan fingerprint density at radius 1 is 1.25 bits per heavy atom. The van der Waals surface area contributed by atoms with Crippen LogP contribution in [0.4, 0.5) is 0 Å². The molecule has 0 aromatic rings. The highest BCUT2D eigenvalue weighted by atomic mass is 16.5. The lowest BCUT2D eigenvalue weighted by Crippen LogP contribution is -2.44. The molecule has 0 aromatic carbocycles. The van der Waals surface area contributed by atoms with Crippen molar-refractivity contribution < 1.29 is 9.84 Å². The van der Waals surface area contributed by atoms with Gasteiger partial charge < -0.3 is 15.2 Å². The number of ether oxygens (including phenoxy) is 1. The zero-order valence-corrected chi connectivity index (χ0v) is 11.4. The molecule has 0 aliphatic heterocycles. The molecule has 0 spiro atoms. The number of unbranched alkanes of at least 4 members (excludes halogenated alkanes) is 1. The molecule has 16 heavy (non-hydrogen) atoms. The van der Waals surface area contributed by atoms with E-state index in [0.717, 1.165) is 32.3 Å². The van der Waals surface area contributed by atoms with Gasteiger partial charge in [0.2, 0.25) is 0 Å². The summed E-state index contributed by atoms with van der Waals surface area (Å²) in [5.41, 5.74) is 0.110. The molecule has 0 aliphatic carbocycles. The molecule has 3 nitrogen and oxygen atoms in total. The van der Waals surface area contributed by atoms with E-state index in [4.69, 9.17) is 4.74 Å². The summed E-state index contributed by atoms with van der Waals surface area (Å²) >= 11 is 0. The minimum atomic E-state index is -0.395. The maximum atomic E-state index is 9.69. The highest BCUT2D eigenvalue weighted by Crippen LogP contribution is 2.10. The van der Waals surface area contributed by atoms with E-state index in [1.54, 1.807) is 0 Å². The molecule has 0 saturated heterocycles. The fraction of sp³-hybridized carbons (Fsp3) is 1.00. The molecular formula is C13H29NO2. The monoisotopic (exact) mass is 231 g/mol. The lowest BCUT2D eigenvalue weighted by atomic mass is 9.99. The largest absolute Gasteiger partial charge is 0.389 e. The van der Waals surface area contributed by atoms with Crippen molar-refractivity contribution in [2.45, 2.75) is 65.0 Å². The molecule has 1 atom stereocenters. The average Bonchev–Trinajstić information content (AvgIpc) is 2.22. The second kappa shape index (κ2) is 8.97. The first-order chi connectivity index (χ1) is 7.52. The van der Waals surface area contributed by atoms with E-state index in [1.165, 1.54) is 0 Å². The second-order valence-corrected chi connectivity index (χ2v) is 5.10. The Kier molecular flexibility index (Phi) is 8.90. The summed E-state index contributed by atoms with van der Waals surface area (Å²) in [7, 11) is 0. The summed E-state index contributed by atoms with van der Waals surface area (Å²) in [6.45, 7) is 10.4. The van der Waals surface area contributed by atoms with Crippen LogP contribution in [0.15, 0.2) is 0 Å². The van der Waals surface area contributed by atoms with Gasteiger partial charge in [-0.1, -0.05) is 26.7 Å². The van der Waals surface area contributed by atoms with Crippen LogP contribution in [-0.2, 0) is 4.74 Å². The van der Waals surface area contributed by atoms with Gasteiger partial charge in [0.15, 0.2) is 0 Å². The molecule has 2 N–H and O–H groups in total. The highest BCUT2D eigenvalue weighted by Gasteiger charge is 2.16. The van der Waals surface area contributed by atoms with Crippen LogP contribution in [0.1, 0.15) is 53.4 Å². The lowest BCUT2D eigenvalue weighted by Gasteiger charge is -2.27. The van der Waals surface area contributed by atoms with Crippen LogP contribution in [0.2, 0.25) is 0 Å². The molecule has 0 bridgehead atoms. The summed E-state index contributed by atoms with van der Waals surface area (Å²) in [5.74, 6) is 0. The quantitative estimate of drug-likeness (QED) is 0.567. The van der Waals surface area contributed by atoms with Crippen molar-refractivity contribution in [1.82, 2.24) is 5.32 Å². The number of rotatable bonds is 10. The van der Waals surface area contributed by atoms with Gasteiger partial charge in [0.05, 0.1) is 12.7 Å². The average molecular weight is 231 g/mol. The number of nitrogens with one attached hydrogen (secondary N) is 1. The predicted molar refractivity (Wildman–Crippen MR) is 68.7 cm³/mol. The van der Waals surface area contributed by atoms with Crippen molar-refractivity contribution in [3.8, 4) is 0 Å². The van der Waals surface area contributed by atoms with Gasteiger partial charge >= 0.3 is 0 Å². The van der Waals surface area contributed by atoms with E-state index in [1.807, 2.05) is 0 Å². The van der Waals surface area contributed by atoms with Crippen LogP contribution in [0.3, 0.4) is 0 Å². The van der Waals surface area contributed by atoms with Crippen molar-refractivity contribution in [3.63, 3.8) is 0 Å². The summed E-state index contributed by atoms with van der Waals surface area (Å²) in [4.78, 5) is 0. The molecule has 0 aromatic heterocycles. The fourth-order valence-corrected chi connectivity index (χ4v) is 1.63. The zero-order chi connectivity index (χ0) is 12.4. The molecule has 0 radical (unpaired) electrons. The number of β-amino-alcohol motifs (C(OH)–C–C–N with tert-alkyl or cyclic N) is 1. The number of hydrogen-bond donors (Lipinski definition) is 2. The van der Waals surface area contributed by atoms with E-state index in [2.05, 4.69) is 33.0 Å². The van der Waals surface area contributed by atoms with Crippen LogP contribution in [0.25, 0.3) is 0 Å². The minimum Gasteiger partial charge on any atom is -0.389 e. The topological polar surface area (TPSA) is 41.5 Å². The number of aliphatic hydroxyl groups is 1. The molecule has 0 amide bonds. The Bertz CT molecular complexity index is 160. The van der Waals surface area contributed by atoms with Crippen LogP contribution < -0.4 is 5.32 Å². The van der Waals surface area contributed by atoms with Gasteiger partial charge in [-0.15, -0.1) is 0 Å². The van der Waals surface area contributed by atoms with Crippen molar-refractivity contribution in [2.75, 3.05) is 19.8 Å². The minimum absolute atomic E-state index is 0.110. The Labute approximate surface area is 101 Å². The van der Waals surface area contributed by atoms with E-state index in [9.17, 15) is 5.11 Å². The maximum absolute atomic E-state index is 9.69. The highest BCUT2D eigenvalue weighted by molar-refractivity contribution is 4.77. The van der Waals surface area contributed by atoms with Gasteiger partial charge in [-0.3, -0.25) is 0 Å². The van der Waals surface area contributed by atoms with E-state index < -0.39 is 6.10 Å². The van der Waals surface area contributed by atoms with Crippen LogP contribution in [0.5, 0.6) is 0 Å². The van der Waals surface area contributed by atoms with Crippen molar-refractivity contribution in [3.05, 3.63) is 0 Å². The van der Waals surface area contributed by atoms with Crippen LogP contribution >= 0.6 is 0 Å². The predicted octanol–water partition coefficient (Wildman–Crippen LogP) is 2.33. The zero-order valence-electron chi connectivity index (χ0n) is 11.4. The molecule has 3 heteroatoms. The van der Waals surface area contributed by atoms with Gasteiger partial charge in [0, 0.05) is 18.7 Å². The van der Waals surface area contributed by atoms with Gasteiger partial charge in [0.25, 0.3) is 0 Å². The molecule has 0 aliphatic rings. The first-order valence-corrected chi connectivity index (χ1v) is 6.52. The van der Waals surface area contributed by atoms with Gasteiger partial charge in [-0.05, 0) is 26.7 Å². The Balaban J connectivity index is 3.52. The van der Waals surface area contributed by atoms with Crippen molar-refractivity contribution >= 4 is 0 Å². The SMILES string of the molecule is CCCCOCC(O)CNC(C)(C)CCC. The first kappa shape index (κ1) is 15.9. The fourth-order valence-electron chi connectivity index (χ4n) is 1.63. The molecule has 98 valence electrons. The van der Waals surface area contributed by atoms with Gasteiger partial charge in [-0.25, -0.2) is 0 Å². The lowest BCUT2D eigenvalue weighted by molar-refractivity contribution is 0.0323. The van der Waals surface area contributed by atoms with E-state index >= 15 is 0 Å². The van der Waals surface area contributed by atoms with Crippen LogP contribution in [0, 0.1) is 0 Å². The second-order valence-electron chi connectivity index (χ2n) is 5.10. The normalized spacial score (nSPS) is 14.1. The number of aliphatic hydroxyl groups excluding tert-OH is 1. The van der Waals surface area contributed by atoms with Crippen molar-refractivity contribution in [2.24, 2.45) is 0 Å². The van der Waals surface area contributed by atoms with Gasteiger partial charge in [-0.2, -0.15) is 0 Å². The third-order valence-electron chi connectivity index (χ3n) is 2.64. The molecule has 0 heterocycles. The molecule has 0 saturated carbocycles. The smallest absolute Gasteiger partial charge is 0.0897 e. The molecule has 0 fully saturated rings. The first-order valence-electron chi connectivity index (χ1n) is 6.52. The number of hydrogen-bond acceptors (Lipinski definition) is 3. The van der Waals surface area contributed by atoms with E-state index in [0.29, 0.717) is 13.2 Å². The van der Waals surface area contributed by atoms with Gasteiger partial charge in [0.1, 0.15) is 0 Å². The third-order valence-corrected chi connectivity index (χ3v) is 2.64. The third kappa shape index (κ3) is 9.13. The summed E-state index contributed by atoms with van der Waals surface area (Å²) in [6, 6.07) is 0. The summed E-state index contributed by atoms with van der Waals surface area (Å²) in [6.07, 6.45) is 4.09. The standard InChI is InChI=1S/C13H29NO2/c1-5-7-9-16-11-12(15)10-14-13(3,4)8-6-2/h12,14-15H,5-11H2,1-4H3. The molecule has 1 unspecified atom stereocenters. The van der Waals surface area contributed by atoms with Crippen molar-refractivity contribution in [1.29, 1.82) is 0 Å². The Morgan fingerprint density at radius 2 is 1.94 bits per heavy atom. The summed E-state index contributed by atoms with van der Waals surface area (Å²) in [5, 5.41) is 13.1.